The van der Waals surface area contributed by atoms with Crippen LogP contribution in [0.25, 0.3) is 0 Å². The van der Waals surface area contributed by atoms with Crippen LogP contribution in [-0.4, -0.2) is 43.2 Å². The number of anilines is 1. The van der Waals surface area contributed by atoms with E-state index in [-0.39, 0.29) is 0 Å². The summed E-state index contributed by atoms with van der Waals surface area (Å²) in [5.41, 5.74) is 2.31. The van der Waals surface area contributed by atoms with Gasteiger partial charge in [-0.25, -0.2) is 0 Å². The first kappa shape index (κ1) is 13.3. The molecule has 0 radical (unpaired) electrons. The summed E-state index contributed by atoms with van der Waals surface area (Å²) in [6.45, 7) is 7.15. The van der Waals surface area contributed by atoms with Crippen molar-refractivity contribution >= 4 is 5.69 Å². The molecule has 0 bridgehead atoms. The van der Waals surface area contributed by atoms with Crippen molar-refractivity contribution in [1.29, 1.82) is 0 Å². The van der Waals surface area contributed by atoms with Crippen molar-refractivity contribution in [3.63, 3.8) is 0 Å². The van der Waals surface area contributed by atoms with Crippen LogP contribution in [0.4, 0.5) is 5.69 Å². The zero-order valence-electron chi connectivity index (χ0n) is 11.4. The maximum Gasteiger partial charge on any atom is 0.0564 e. The van der Waals surface area contributed by atoms with Crippen molar-refractivity contribution < 1.29 is 4.74 Å². The Balaban J connectivity index is 1.88. The normalized spacial score (nSPS) is 20.2. The van der Waals surface area contributed by atoms with E-state index in [1.807, 2.05) is 12.3 Å². The van der Waals surface area contributed by atoms with Crippen molar-refractivity contribution in [2.24, 2.45) is 5.92 Å². The lowest BCUT2D eigenvalue weighted by molar-refractivity contribution is 0.152. The van der Waals surface area contributed by atoms with Gasteiger partial charge < -0.3 is 10.1 Å². The van der Waals surface area contributed by atoms with E-state index in [0.29, 0.717) is 5.92 Å². The molecule has 1 aliphatic heterocycles. The van der Waals surface area contributed by atoms with Crippen molar-refractivity contribution in [1.82, 2.24) is 9.88 Å². The molecule has 1 N–H and O–H groups in total. The maximum atomic E-state index is 5.22. The highest BCUT2D eigenvalue weighted by atomic mass is 16.5. The third kappa shape index (κ3) is 3.68. The average molecular weight is 249 g/mol. The van der Waals surface area contributed by atoms with Crippen LogP contribution in [0.1, 0.15) is 19.0 Å². The molecular formula is C14H23N3O. The molecule has 1 atom stereocenters. The average Bonchev–Trinajstić information content (AvgIpc) is 2.78. The summed E-state index contributed by atoms with van der Waals surface area (Å²) in [4.78, 5) is 6.90. The molecule has 1 aliphatic rings. The van der Waals surface area contributed by atoms with Crippen LogP contribution in [0.15, 0.2) is 18.3 Å². The highest BCUT2D eigenvalue weighted by Gasteiger charge is 2.22. The second kappa shape index (κ2) is 6.71. The SMILES string of the molecule is CCNc1ccnc(CN2CCC(COC)C2)c1. The first-order valence-electron chi connectivity index (χ1n) is 6.72. The molecule has 1 fully saturated rings. The van der Waals surface area contributed by atoms with Crippen molar-refractivity contribution in [3.05, 3.63) is 24.0 Å². The van der Waals surface area contributed by atoms with Gasteiger partial charge in [-0.2, -0.15) is 0 Å². The van der Waals surface area contributed by atoms with Gasteiger partial charge in [-0.3, -0.25) is 9.88 Å². The Kier molecular flexibility index (Phi) is 4.96. The minimum Gasteiger partial charge on any atom is -0.385 e. The van der Waals surface area contributed by atoms with Gasteiger partial charge in [-0.05, 0) is 37.9 Å². The lowest BCUT2D eigenvalue weighted by atomic mass is 10.1. The lowest BCUT2D eigenvalue weighted by Crippen LogP contribution is -2.21. The molecule has 1 aromatic heterocycles. The van der Waals surface area contributed by atoms with E-state index >= 15 is 0 Å². The van der Waals surface area contributed by atoms with Gasteiger partial charge in [0, 0.05) is 38.6 Å². The van der Waals surface area contributed by atoms with E-state index in [9.17, 15) is 0 Å². The number of aromatic nitrogens is 1. The van der Waals surface area contributed by atoms with Crippen molar-refractivity contribution in [2.45, 2.75) is 19.9 Å². The number of likely N-dealkylation sites (tertiary alicyclic amines) is 1. The van der Waals surface area contributed by atoms with Gasteiger partial charge in [-0.15, -0.1) is 0 Å². The van der Waals surface area contributed by atoms with Crippen LogP contribution in [-0.2, 0) is 11.3 Å². The van der Waals surface area contributed by atoms with E-state index in [0.717, 1.165) is 44.2 Å². The third-order valence-corrected chi connectivity index (χ3v) is 3.36. The Morgan fingerprint density at radius 1 is 1.56 bits per heavy atom. The summed E-state index contributed by atoms with van der Waals surface area (Å²) in [5, 5.41) is 3.32. The summed E-state index contributed by atoms with van der Waals surface area (Å²) < 4.78 is 5.22. The first-order valence-corrected chi connectivity index (χ1v) is 6.72. The van der Waals surface area contributed by atoms with E-state index < -0.39 is 0 Å². The van der Waals surface area contributed by atoms with E-state index in [2.05, 4.69) is 28.2 Å². The summed E-state index contributed by atoms with van der Waals surface area (Å²) in [5.74, 6) is 0.687. The summed E-state index contributed by atoms with van der Waals surface area (Å²) >= 11 is 0. The fourth-order valence-corrected chi connectivity index (χ4v) is 2.54. The van der Waals surface area contributed by atoms with Crippen LogP contribution in [0.5, 0.6) is 0 Å². The van der Waals surface area contributed by atoms with Gasteiger partial charge in [0.1, 0.15) is 0 Å². The zero-order chi connectivity index (χ0) is 12.8. The van der Waals surface area contributed by atoms with Crippen molar-refractivity contribution in [3.8, 4) is 0 Å². The molecule has 0 saturated carbocycles. The molecule has 0 amide bonds. The number of ether oxygens (including phenoxy) is 1. The highest BCUT2D eigenvalue weighted by Crippen LogP contribution is 2.19. The number of methoxy groups -OCH3 is 1. The Morgan fingerprint density at radius 2 is 2.44 bits per heavy atom. The lowest BCUT2D eigenvalue weighted by Gasteiger charge is -2.16. The van der Waals surface area contributed by atoms with Crippen LogP contribution < -0.4 is 5.32 Å². The van der Waals surface area contributed by atoms with Crippen LogP contribution in [0.3, 0.4) is 0 Å². The second-order valence-electron chi connectivity index (χ2n) is 4.91. The number of nitrogens with one attached hydrogen (secondary N) is 1. The fraction of sp³-hybridized carbons (Fsp3) is 0.643. The molecule has 0 aliphatic carbocycles. The summed E-state index contributed by atoms with van der Waals surface area (Å²) in [7, 11) is 1.78. The summed E-state index contributed by atoms with van der Waals surface area (Å²) in [6.07, 6.45) is 3.12. The predicted molar refractivity (Wildman–Crippen MR) is 73.7 cm³/mol. The molecule has 0 aromatic carbocycles. The molecule has 1 aromatic rings. The molecular weight excluding hydrogens is 226 g/mol. The Labute approximate surface area is 109 Å². The molecule has 2 heterocycles. The minimum atomic E-state index is 0.687. The van der Waals surface area contributed by atoms with Gasteiger partial charge in [-0.1, -0.05) is 0 Å². The topological polar surface area (TPSA) is 37.4 Å². The number of hydrogen-bond donors (Lipinski definition) is 1. The predicted octanol–water partition coefficient (Wildman–Crippen LogP) is 1.98. The first-order chi connectivity index (χ1) is 8.81. The molecule has 4 nitrogen and oxygen atoms in total. The highest BCUT2D eigenvalue weighted by molar-refractivity contribution is 5.42. The quantitative estimate of drug-likeness (QED) is 0.836. The van der Waals surface area contributed by atoms with Crippen LogP contribution in [0, 0.1) is 5.92 Å². The molecule has 0 spiro atoms. The van der Waals surface area contributed by atoms with Gasteiger partial charge in [0.2, 0.25) is 0 Å². The number of rotatable bonds is 6. The Bertz CT molecular complexity index is 370. The number of hydrogen-bond acceptors (Lipinski definition) is 4. The molecule has 1 unspecified atom stereocenters. The number of pyridine rings is 1. The molecule has 18 heavy (non-hydrogen) atoms. The van der Waals surface area contributed by atoms with Gasteiger partial charge >= 0.3 is 0 Å². The van der Waals surface area contributed by atoms with Gasteiger partial charge in [0.25, 0.3) is 0 Å². The molecule has 4 heteroatoms. The van der Waals surface area contributed by atoms with E-state index in [4.69, 9.17) is 4.74 Å². The Hall–Kier alpha value is -1.13. The van der Waals surface area contributed by atoms with Crippen LogP contribution in [0.2, 0.25) is 0 Å². The smallest absolute Gasteiger partial charge is 0.0564 e. The Morgan fingerprint density at radius 3 is 3.22 bits per heavy atom. The summed E-state index contributed by atoms with van der Waals surface area (Å²) in [6, 6.07) is 4.16. The third-order valence-electron chi connectivity index (χ3n) is 3.36. The largest absolute Gasteiger partial charge is 0.385 e. The minimum absolute atomic E-state index is 0.687. The second-order valence-corrected chi connectivity index (χ2v) is 4.91. The fourth-order valence-electron chi connectivity index (χ4n) is 2.54. The van der Waals surface area contributed by atoms with Gasteiger partial charge in [0.05, 0.1) is 12.3 Å². The maximum absolute atomic E-state index is 5.22. The zero-order valence-corrected chi connectivity index (χ0v) is 11.4. The van der Waals surface area contributed by atoms with Crippen molar-refractivity contribution in [2.75, 3.05) is 38.7 Å². The standard InChI is InChI=1S/C14H23N3O/c1-3-15-13-4-6-16-14(8-13)10-17-7-5-12(9-17)11-18-2/h4,6,8,12H,3,5,7,9-11H2,1-2H3,(H,15,16). The number of nitrogens with zero attached hydrogens (tertiary/aromatic N) is 2. The molecule has 100 valence electrons. The monoisotopic (exact) mass is 249 g/mol. The van der Waals surface area contributed by atoms with Crippen LogP contribution >= 0.6 is 0 Å². The van der Waals surface area contributed by atoms with E-state index in [1.54, 1.807) is 7.11 Å². The van der Waals surface area contributed by atoms with Gasteiger partial charge in [0.15, 0.2) is 0 Å². The molecule has 2 rings (SSSR count). The molecule has 1 saturated heterocycles. The van der Waals surface area contributed by atoms with E-state index in [1.165, 1.54) is 6.42 Å².